The number of halogens is 2. The van der Waals surface area contributed by atoms with Gasteiger partial charge in [0.2, 0.25) is 5.91 Å². The molecule has 2 atom stereocenters. The Morgan fingerprint density at radius 2 is 1.95 bits per heavy atom. The van der Waals surface area contributed by atoms with E-state index in [0.29, 0.717) is 19.4 Å². The van der Waals surface area contributed by atoms with Crippen LogP contribution in [0, 0.1) is 17.6 Å². The van der Waals surface area contributed by atoms with Gasteiger partial charge in [-0.25, -0.2) is 8.78 Å². The molecule has 1 aromatic rings. The van der Waals surface area contributed by atoms with Crippen LogP contribution in [-0.2, 0) is 9.59 Å². The van der Waals surface area contributed by atoms with Crippen molar-refractivity contribution in [3.8, 4) is 0 Å². The van der Waals surface area contributed by atoms with Gasteiger partial charge in [-0.3, -0.25) is 9.59 Å². The molecule has 0 radical (unpaired) electrons. The Kier molecular flexibility index (Phi) is 4.55. The van der Waals surface area contributed by atoms with Crippen LogP contribution in [-0.4, -0.2) is 35.5 Å². The first-order chi connectivity index (χ1) is 9.91. The number of nitrogens with zero attached hydrogens (tertiary/aromatic N) is 1. The molecule has 0 unspecified atom stereocenters. The number of aliphatic carboxylic acids is 1. The summed E-state index contributed by atoms with van der Waals surface area (Å²) >= 11 is 0. The molecule has 1 amide bonds. The third kappa shape index (κ3) is 3.56. The monoisotopic (exact) mass is 297 g/mol. The summed E-state index contributed by atoms with van der Waals surface area (Å²) in [5.74, 6) is -3.17. The fraction of sp³-hybridized carbons (Fsp3) is 0.467. The first kappa shape index (κ1) is 15.4. The van der Waals surface area contributed by atoms with Crippen molar-refractivity contribution in [2.45, 2.75) is 25.2 Å². The van der Waals surface area contributed by atoms with Crippen LogP contribution < -0.4 is 0 Å². The van der Waals surface area contributed by atoms with Crippen LogP contribution in [0.3, 0.4) is 0 Å². The van der Waals surface area contributed by atoms with E-state index in [0.717, 1.165) is 0 Å². The summed E-state index contributed by atoms with van der Waals surface area (Å²) in [4.78, 5) is 24.0. The second kappa shape index (κ2) is 6.20. The molecule has 1 aliphatic rings. The zero-order valence-electron chi connectivity index (χ0n) is 11.7. The summed E-state index contributed by atoms with van der Waals surface area (Å²) in [5.41, 5.74) is -0.0187. The number of carbonyl (C=O) groups excluding carboxylic acids is 1. The van der Waals surface area contributed by atoms with Crippen molar-refractivity contribution in [1.29, 1.82) is 0 Å². The number of hydrogen-bond donors (Lipinski definition) is 1. The molecule has 0 bridgehead atoms. The van der Waals surface area contributed by atoms with Gasteiger partial charge >= 0.3 is 5.97 Å². The summed E-state index contributed by atoms with van der Waals surface area (Å²) in [6, 6.07) is 3.68. The summed E-state index contributed by atoms with van der Waals surface area (Å²) in [6.07, 6.45) is 0.788. The van der Waals surface area contributed by atoms with E-state index in [1.54, 1.807) is 7.05 Å². The topological polar surface area (TPSA) is 57.6 Å². The summed E-state index contributed by atoms with van der Waals surface area (Å²) in [7, 11) is 1.58. The van der Waals surface area contributed by atoms with Crippen LogP contribution in [0.5, 0.6) is 0 Å². The van der Waals surface area contributed by atoms with Crippen LogP contribution in [0.1, 0.15) is 30.7 Å². The Balaban J connectivity index is 1.93. The molecular formula is C15H17F2NO3. The molecule has 21 heavy (non-hydrogen) atoms. The normalized spacial score (nSPS) is 20.1. The van der Waals surface area contributed by atoms with Gasteiger partial charge in [-0.1, -0.05) is 6.07 Å². The highest BCUT2D eigenvalue weighted by Crippen LogP contribution is 2.49. The lowest BCUT2D eigenvalue weighted by atomic mass is 10.1. The van der Waals surface area contributed by atoms with Crippen molar-refractivity contribution in [1.82, 2.24) is 4.90 Å². The van der Waals surface area contributed by atoms with Crippen LogP contribution in [0.15, 0.2) is 18.2 Å². The van der Waals surface area contributed by atoms with Crippen molar-refractivity contribution in [3.05, 3.63) is 35.4 Å². The van der Waals surface area contributed by atoms with Gasteiger partial charge in [0.25, 0.3) is 0 Å². The van der Waals surface area contributed by atoms with E-state index in [1.807, 2.05) is 0 Å². The smallest absolute Gasteiger partial charge is 0.303 e. The van der Waals surface area contributed by atoms with Crippen LogP contribution >= 0.6 is 0 Å². The van der Waals surface area contributed by atoms with Gasteiger partial charge in [0, 0.05) is 37.4 Å². The van der Waals surface area contributed by atoms with E-state index in [1.165, 1.54) is 23.1 Å². The molecule has 0 spiro atoms. The van der Waals surface area contributed by atoms with Gasteiger partial charge in [0.1, 0.15) is 11.6 Å². The first-order valence-electron chi connectivity index (χ1n) is 6.82. The van der Waals surface area contributed by atoms with Gasteiger partial charge in [0.15, 0.2) is 0 Å². The van der Waals surface area contributed by atoms with E-state index in [-0.39, 0.29) is 17.9 Å². The number of amides is 1. The highest BCUT2D eigenvalue weighted by molar-refractivity contribution is 5.82. The standard InChI is InChI=1S/C15H17F2NO3/c1-18(7-3-6-13(19)20)15(21)10-8-9(10)14-11(16)4-2-5-12(14)17/h2,4-5,9-10H,3,6-8H2,1H3,(H,19,20)/t9-,10+/m0/s1. The zero-order chi connectivity index (χ0) is 15.6. The van der Waals surface area contributed by atoms with Gasteiger partial charge in [-0.15, -0.1) is 0 Å². The maximum absolute atomic E-state index is 13.6. The quantitative estimate of drug-likeness (QED) is 0.877. The fourth-order valence-electron chi connectivity index (χ4n) is 2.51. The maximum atomic E-state index is 13.6. The van der Waals surface area contributed by atoms with E-state index in [2.05, 4.69) is 0 Å². The Morgan fingerprint density at radius 1 is 1.33 bits per heavy atom. The number of carbonyl (C=O) groups is 2. The molecule has 1 saturated carbocycles. The lowest BCUT2D eigenvalue weighted by Gasteiger charge is -2.16. The lowest BCUT2D eigenvalue weighted by Crippen LogP contribution is -2.29. The predicted octanol–water partition coefficient (Wildman–Crippen LogP) is 2.39. The molecule has 0 aliphatic heterocycles. The van der Waals surface area contributed by atoms with Gasteiger partial charge in [-0.2, -0.15) is 0 Å². The van der Waals surface area contributed by atoms with Crippen molar-refractivity contribution in [2.75, 3.05) is 13.6 Å². The maximum Gasteiger partial charge on any atom is 0.303 e. The fourth-order valence-corrected chi connectivity index (χ4v) is 2.51. The molecule has 0 aromatic heterocycles. The molecule has 4 nitrogen and oxygen atoms in total. The first-order valence-corrected chi connectivity index (χ1v) is 6.82. The number of hydrogen-bond acceptors (Lipinski definition) is 2. The minimum Gasteiger partial charge on any atom is -0.481 e. The summed E-state index contributed by atoms with van der Waals surface area (Å²) < 4.78 is 27.3. The number of benzene rings is 1. The van der Waals surface area contributed by atoms with Gasteiger partial charge in [0.05, 0.1) is 0 Å². The third-order valence-corrected chi connectivity index (χ3v) is 3.74. The second-order valence-electron chi connectivity index (χ2n) is 5.34. The number of carboxylic acids is 1. The van der Waals surface area contributed by atoms with Gasteiger partial charge in [-0.05, 0) is 25.0 Å². The molecule has 1 aliphatic carbocycles. The zero-order valence-corrected chi connectivity index (χ0v) is 11.7. The minimum atomic E-state index is -0.909. The highest BCUT2D eigenvalue weighted by atomic mass is 19.1. The van der Waals surface area contributed by atoms with E-state index < -0.39 is 29.4 Å². The summed E-state index contributed by atoms with van der Waals surface area (Å²) in [5, 5.41) is 8.55. The van der Waals surface area contributed by atoms with Gasteiger partial charge < -0.3 is 10.0 Å². The minimum absolute atomic E-state index is 0.00629. The van der Waals surface area contributed by atoms with Crippen LogP contribution in [0.4, 0.5) is 8.78 Å². The average molecular weight is 297 g/mol. The average Bonchev–Trinajstić information content (AvgIpc) is 3.17. The Hall–Kier alpha value is -1.98. The van der Waals surface area contributed by atoms with E-state index in [4.69, 9.17) is 5.11 Å². The second-order valence-corrected chi connectivity index (χ2v) is 5.34. The predicted molar refractivity (Wildman–Crippen MR) is 71.7 cm³/mol. The van der Waals surface area contributed by atoms with Crippen LogP contribution in [0.25, 0.3) is 0 Å². The molecule has 1 N–H and O–H groups in total. The molecule has 0 saturated heterocycles. The van der Waals surface area contributed by atoms with Crippen molar-refractivity contribution in [2.24, 2.45) is 5.92 Å². The van der Waals surface area contributed by atoms with Crippen LogP contribution in [0.2, 0.25) is 0 Å². The largest absolute Gasteiger partial charge is 0.481 e. The third-order valence-electron chi connectivity index (χ3n) is 3.74. The Morgan fingerprint density at radius 3 is 2.52 bits per heavy atom. The van der Waals surface area contributed by atoms with Crippen molar-refractivity contribution >= 4 is 11.9 Å². The SMILES string of the molecule is CN(CCCC(=O)O)C(=O)[C@@H]1C[C@@H]1c1c(F)cccc1F. The highest BCUT2D eigenvalue weighted by Gasteiger charge is 2.47. The molecule has 1 fully saturated rings. The van der Waals surface area contributed by atoms with E-state index in [9.17, 15) is 18.4 Å². The molecular weight excluding hydrogens is 280 g/mol. The van der Waals surface area contributed by atoms with Crippen molar-refractivity contribution < 1.29 is 23.5 Å². The molecule has 114 valence electrons. The Bertz CT molecular complexity index is 542. The van der Waals surface area contributed by atoms with E-state index >= 15 is 0 Å². The molecule has 6 heteroatoms. The number of rotatable bonds is 6. The lowest BCUT2D eigenvalue weighted by molar-refractivity contribution is -0.138. The molecule has 1 aromatic carbocycles. The number of carboxylic acid groups (broad SMARTS) is 1. The molecule has 0 heterocycles. The summed E-state index contributed by atoms with van der Waals surface area (Å²) in [6.45, 7) is 0.327. The van der Waals surface area contributed by atoms with Crippen molar-refractivity contribution in [3.63, 3.8) is 0 Å². The molecule has 2 rings (SSSR count). The Labute approximate surface area is 121 Å².